The van der Waals surface area contributed by atoms with Crippen molar-refractivity contribution in [3.63, 3.8) is 0 Å². The van der Waals surface area contributed by atoms with Crippen molar-refractivity contribution in [1.29, 1.82) is 0 Å². The van der Waals surface area contributed by atoms with Crippen LogP contribution in [-0.2, 0) is 0 Å². The van der Waals surface area contributed by atoms with Crippen LogP contribution in [0.25, 0.3) is 0 Å². The fraction of sp³-hybridized carbons (Fsp3) is 0. The molecule has 0 fully saturated rings. The van der Waals surface area contributed by atoms with Crippen LogP contribution in [0.1, 0.15) is 0 Å². The van der Waals surface area contributed by atoms with Crippen molar-refractivity contribution in [2.45, 2.75) is 0 Å². The highest BCUT2D eigenvalue weighted by Gasteiger charge is 1.93. The highest BCUT2D eigenvalue weighted by Crippen LogP contribution is 1.79. The molecule has 1 aromatic rings. The molecule has 0 aliphatic rings. The van der Waals surface area contributed by atoms with Gasteiger partial charge in [-0.3, -0.25) is 0 Å². The van der Waals surface area contributed by atoms with Crippen molar-refractivity contribution in [3.8, 4) is 0 Å². The fourth-order valence-electron chi connectivity index (χ4n) is 0.567. The smallest absolute Gasteiger partial charge is 0.475 e. The monoisotopic (exact) mass is 248 g/mol. The van der Waals surface area contributed by atoms with E-state index in [2.05, 4.69) is 0 Å². The molecule has 0 spiro atoms. The van der Waals surface area contributed by atoms with E-state index in [4.69, 9.17) is 0 Å². The van der Waals surface area contributed by atoms with Gasteiger partial charge < -0.3 is 2.96 Å². The lowest BCUT2D eigenvalue weighted by molar-refractivity contribution is 0.885. The number of halogens is 2. The molecule has 0 aliphatic carbocycles. The van der Waals surface area contributed by atoms with Gasteiger partial charge in [0.15, 0.2) is 0 Å². The Bertz CT molecular complexity index is 154. The van der Waals surface area contributed by atoms with E-state index >= 15 is 0 Å². The zero-order valence-corrected chi connectivity index (χ0v) is 8.62. The van der Waals surface area contributed by atoms with Crippen molar-refractivity contribution in [2.75, 3.05) is 0 Å². The first-order valence-corrected chi connectivity index (χ1v) is 3.77. The van der Waals surface area contributed by atoms with Gasteiger partial charge in [0.1, 0.15) is 0 Å². The van der Waals surface area contributed by atoms with Crippen molar-refractivity contribution >= 4 is 48.6 Å². The molecule has 0 amide bonds. The minimum absolute atomic E-state index is 0. The molecule has 46 valence electrons. The molecule has 0 aromatic heterocycles. The summed E-state index contributed by atoms with van der Waals surface area (Å²) in [4.78, 5) is 0. The molecule has 0 saturated carbocycles. The third kappa shape index (κ3) is 3.37. The van der Waals surface area contributed by atoms with Gasteiger partial charge in [-0.25, -0.2) is 0 Å². The average Bonchev–Trinajstić information content (AvgIpc) is 1.90. The molecular formula is C6H6FIMg. The number of benzene rings is 1. The highest BCUT2D eigenvalue weighted by molar-refractivity contribution is 14.0. The predicted molar refractivity (Wildman–Crippen MR) is 48.4 cm³/mol. The molecule has 0 atom stereocenters. The lowest BCUT2D eigenvalue weighted by Gasteiger charge is -1.86. The van der Waals surface area contributed by atoms with E-state index in [-0.39, 0.29) is 24.0 Å². The molecule has 0 aliphatic heterocycles. The largest absolute Gasteiger partial charge is 0.652 e. The zero-order valence-electron chi connectivity index (χ0n) is 4.88. The lowest BCUT2D eigenvalue weighted by Crippen LogP contribution is -2.06. The molecular weight excluding hydrogens is 242 g/mol. The molecule has 0 bridgehead atoms. The van der Waals surface area contributed by atoms with Gasteiger partial charge in [-0.05, 0) is 0 Å². The summed E-state index contributed by atoms with van der Waals surface area (Å²) in [5.74, 6) is 0. The Morgan fingerprint density at radius 1 is 1.11 bits per heavy atom. The van der Waals surface area contributed by atoms with E-state index in [1.54, 1.807) is 0 Å². The first kappa shape index (κ1) is 9.65. The number of hydrogen-bond donors (Lipinski definition) is 0. The van der Waals surface area contributed by atoms with Crippen molar-refractivity contribution in [2.24, 2.45) is 0 Å². The third-order valence-corrected chi connectivity index (χ3v) is 1.78. The lowest BCUT2D eigenvalue weighted by atomic mass is 10.4. The molecule has 0 nitrogen and oxygen atoms in total. The van der Waals surface area contributed by atoms with E-state index < -0.39 is 20.9 Å². The maximum absolute atomic E-state index is 11.9. The molecule has 1 rings (SSSR count). The van der Waals surface area contributed by atoms with Gasteiger partial charge in [-0.15, -0.1) is 27.7 Å². The molecule has 1 aromatic carbocycles. The molecule has 0 radical (unpaired) electrons. The Labute approximate surface area is 81.3 Å². The maximum Gasteiger partial charge on any atom is 0.652 e. The molecule has 9 heavy (non-hydrogen) atoms. The van der Waals surface area contributed by atoms with Crippen LogP contribution in [0.15, 0.2) is 30.3 Å². The second-order valence-corrected chi connectivity index (χ2v) is 2.70. The number of hydrogen-bond acceptors (Lipinski definition) is 0. The summed E-state index contributed by atoms with van der Waals surface area (Å²) in [6.45, 7) is 0. The van der Waals surface area contributed by atoms with Crippen LogP contribution >= 0.6 is 24.0 Å². The Morgan fingerprint density at radius 2 is 1.67 bits per heavy atom. The van der Waals surface area contributed by atoms with Gasteiger partial charge in [0.2, 0.25) is 0 Å². The second-order valence-electron chi connectivity index (χ2n) is 1.62. The SMILES string of the molecule is I.[F][Mg][c]1ccccc1. The zero-order chi connectivity index (χ0) is 5.82. The van der Waals surface area contributed by atoms with Gasteiger partial charge in [-0.2, -0.15) is 0 Å². The topological polar surface area (TPSA) is 0 Å². The van der Waals surface area contributed by atoms with Gasteiger partial charge in [0.25, 0.3) is 0 Å². The maximum atomic E-state index is 11.9. The van der Waals surface area contributed by atoms with Crippen LogP contribution in [0, 0.1) is 0 Å². The average molecular weight is 248 g/mol. The minimum atomic E-state index is -1.41. The fourth-order valence-corrected chi connectivity index (χ4v) is 1.02. The molecule has 3 heteroatoms. The van der Waals surface area contributed by atoms with Crippen molar-refractivity contribution in [1.82, 2.24) is 0 Å². The summed E-state index contributed by atoms with van der Waals surface area (Å²) in [6.07, 6.45) is 0. The van der Waals surface area contributed by atoms with Gasteiger partial charge >= 0.3 is 20.9 Å². The summed E-state index contributed by atoms with van der Waals surface area (Å²) in [5, 5.41) is 0. The van der Waals surface area contributed by atoms with Gasteiger partial charge in [0.05, 0.1) is 0 Å². The molecule has 0 saturated heterocycles. The first-order valence-electron chi connectivity index (χ1n) is 2.53. The van der Waals surface area contributed by atoms with E-state index in [0.717, 1.165) is 3.69 Å². The Kier molecular flexibility index (Phi) is 5.82. The predicted octanol–water partition coefficient (Wildman–Crippen LogP) is 1.52. The van der Waals surface area contributed by atoms with E-state index in [1.165, 1.54) is 0 Å². The summed E-state index contributed by atoms with van der Waals surface area (Å²) in [6, 6.07) is 9.27. The van der Waals surface area contributed by atoms with Crippen LogP contribution in [0.2, 0.25) is 0 Å². The Hall–Kier alpha value is 0.646. The standard InChI is InChI=1S/C6H5.FH.HI.Mg/c1-2-4-6-5-3-1;;;/h1-5H;2*1H;/q;;;+1/p-1. The molecule has 0 unspecified atom stereocenters. The van der Waals surface area contributed by atoms with Crippen molar-refractivity contribution in [3.05, 3.63) is 30.3 Å². The van der Waals surface area contributed by atoms with Gasteiger partial charge in [-0.1, -0.05) is 30.3 Å². The minimum Gasteiger partial charge on any atom is -0.475 e. The van der Waals surface area contributed by atoms with Crippen LogP contribution in [0.4, 0.5) is 2.96 Å². The van der Waals surface area contributed by atoms with Crippen LogP contribution in [0.3, 0.4) is 0 Å². The van der Waals surface area contributed by atoms with Crippen LogP contribution in [0.5, 0.6) is 0 Å². The Morgan fingerprint density at radius 3 is 2.00 bits per heavy atom. The highest BCUT2D eigenvalue weighted by atomic mass is 127. The summed E-state index contributed by atoms with van der Waals surface area (Å²) in [5.41, 5.74) is 0. The van der Waals surface area contributed by atoms with Crippen LogP contribution in [-0.4, -0.2) is 20.9 Å². The second kappa shape index (κ2) is 5.43. The van der Waals surface area contributed by atoms with E-state index in [9.17, 15) is 2.96 Å². The van der Waals surface area contributed by atoms with Gasteiger partial charge in [0, 0.05) is 0 Å². The summed E-state index contributed by atoms with van der Waals surface area (Å²) >= 11 is -1.41. The van der Waals surface area contributed by atoms with Crippen molar-refractivity contribution < 1.29 is 2.96 Å². The quantitative estimate of drug-likeness (QED) is 0.522. The van der Waals surface area contributed by atoms with E-state index in [1.807, 2.05) is 30.3 Å². The Balaban J connectivity index is 0.000000640. The van der Waals surface area contributed by atoms with E-state index in [0.29, 0.717) is 0 Å². The third-order valence-electron chi connectivity index (χ3n) is 0.997. The normalized spacial score (nSPS) is 7.22. The first-order chi connectivity index (χ1) is 3.93. The number of rotatable bonds is 1. The molecule has 0 heterocycles. The summed E-state index contributed by atoms with van der Waals surface area (Å²) in [7, 11) is 0. The van der Waals surface area contributed by atoms with Crippen LogP contribution < -0.4 is 3.69 Å². The molecule has 0 N–H and O–H groups in total. The summed E-state index contributed by atoms with van der Waals surface area (Å²) < 4.78 is 12.7.